The molecular formula is C72H94N6O16S3. The Balaban J connectivity index is 0.000000186. The van der Waals surface area contributed by atoms with Gasteiger partial charge in [-0.3, -0.25) is 28.8 Å². The number of carboxylic acid groups (broad SMARTS) is 2. The fraction of sp³-hybridized carbons (Fsp3) is 0.500. The molecule has 0 unspecified atom stereocenters. The second kappa shape index (κ2) is 29.6. The van der Waals surface area contributed by atoms with Crippen LogP contribution in [-0.4, -0.2) is 157 Å². The van der Waals surface area contributed by atoms with Gasteiger partial charge in [-0.15, -0.1) is 0 Å². The molecule has 4 aliphatic rings. The van der Waals surface area contributed by atoms with Crippen molar-refractivity contribution in [1.29, 1.82) is 0 Å². The largest absolute Gasteiger partial charge is 0.480 e. The van der Waals surface area contributed by atoms with E-state index in [2.05, 4.69) is 13.8 Å². The molecule has 97 heavy (non-hydrogen) atoms. The first-order valence-electron chi connectivity index (χ1n) is 32.9. The summed E-state index contributed by atoms with van der Waals surface area (Å²) in [6.07, 6.45) is 4.79. The maximum atomic E-state index is 13.9. The zero-order valence-corrected chi connectivity index (χ0v) is 60.8. The molecule has 2 N–H and O–H groups in total. The molecule has 25 heteroatoms. The van der Waals surface area contributed by atoms with Crippen LogP contribution in [0.4, 0.5) is 0 Å². The molecule has 526 valence electrons. The number of esters is 1. The van der Waals surface area contributed by atoms with Gasteiger partial charge in [-0.05, 0) is 128 Å². The number of hydrogen-bond donors (Lipinski definition) is 2. The van der Waals surface area contributed by atoms with Crippen molar-refractivity contribution in [2.45, 2.75) is 175 Å². The number of aromatic nitrogens is 3. The molecule has 0 bridgehead atoms. The summed E-state index contributed by atoms with van der Waals surface area (Å²) in [5.74, 6) is -2.66. The van der Waals surface area contributed by atoms with E-state index in [0.717, 1.165) is 45.9 Å². The molecule has 22 nitrogen and oxygen atoms in total. The third kappa shape index (κ3) is 16.0. The van der Waals surface area contributed by atoms with Crippen molar-refractivity contribution in [2.75, 3.05) is 60.1 Å². The van der Waals surface area contributed by atoms with Crippen molar-refractivity contribution in [3.05, 3.63) is 157 Å². The van der Waals surface area contributed by atoms with Crippen LogP contribution in [0.2, 0.25) is 0 Å². The van der Waals surface area contributed by atoms with Gasteiger partial charge in [-0.25, -0.2) is 33.9 Å². The second-order valence-electron chi connectivity index (χ2n) is 28.0. The van der Waals surface area contributed by atoms with Crippen LogP contribution < -0.4 is 0 Å². The highest BCUT2D eigenvalue weighted by Crippen LogP contribution is 2.44. The summed E-state index contributed by atoms with van der Waals surface area (Å²) in [5, 5.41) is 18.9. The highest BCUT2D eigenvalue weighted by molar-refractivity contribution is 7.89. The Morgan fingerprint density at radius 1 is 0.557 bits per heavy atom. The maximum absolute atomic E-state index is 13.9. The zero-order valence-electron chi connectivity index (χ0n) is 58.4. The van der Waals surface area contributed by atoms with Gasteiger partial charge in [0.15, 0.2) is 17.3 Å². The van der Waals surface area contributed by atoms with Crippen LogP contribution >= 0.6 is 0 Å². The lowest BCUT2D eigenvalue weighted by atomic mass is 9.75. The van der Waals surface area contributed by atoms with Gasteiger partial charge in [0.1, 0.15) is 19.6 Å². The molecule has 0 amide bonds. The molecule has 0 radical (unpaired) electrons. The monoisotopic (exact) mass is 1390 g/mol. The highest BCUT2D eigenvalue weighted by Gasteiger charge is 2.41. The van der Waals surface area contributed by atoms with E-state index in [-0.39, 0.29) is 106 Å². The van der Waals surface area contributed by atoms with Crippen LogP contribution in [0.3, 0.4) is 0 Å². The number of sulfonamides is 3. The molecule has 3 aromatic heterocycles. The molecule has 0 saturated carbocycles. The van der Waals surface area contributed by atoms with Gasteiger partial charge in [0.05, 0.1) is 34.5 Å². The number of rotatable bonds is 21. The highest BCUT2D eigenvalue weighted by atomic mass is 32.2. The van der Waals surface area contributed by atoms with Gasteiger partial charge >= 0.3 is 17.9 Å². The number of aliphatic carboxylic acids is 2. The number of Topliss-reactive ketones (excluding diaryl/α,β-unsaturated/α-hetero) is 2. The SMILES string of the molecule is CCN(C)S(=O)(=O)c1ccccc1Cc1c2c(n(CC(=O)O)c1C)CC(C)(C)CC2=O.CCOC(=O)Cn1c(C)c(Cc2ccccc2S(=O)(=O)N(C)CC)c2c1CC(C)(C)CC2=O.Cc1c(C(=O)c2ccccc2S(=O)(=O)N2CCOCC2)c2c(n1CC(=O)O)CCC(C)(C)C2. The average Bonchev–Trinajstić information content (AvgIpc) is 1.63. The van der Waals surface area contributed by atoms with Gasteiger partial charge in [0.25, 0.3) is 0 Å². The van der Waals surface area contributed by atoms with E-state index in [1.54, 1.807) is 105 Å². The lowest BCUT2D eigenvalue weighted by molar-refractivity contribution is -0.144. The Bertz CT molecular complexity index is 4410. The van der Waals surface area contributed by atoms with Gasteiger partial charge < -0.3 is 33.4 Å². The van der Waals surface area contributed by atoms with Gasteiger partial charge in [0, 0.05) is 122 Å². The lowest BCUT2D eigenvalue weighted by Crippen LogP contribution is -2.41. The van der Waals surface area contributed by atoms with E-state index in [1.807, 2.05) is 52.2 Å². The third-order valence-corrected chi connectivity index (χ3v) is 25.2. The fourth-order valence-electron chi connectivity index (χ4n) is 14.0. The minimum Gasteiger partial charge on any atom is -0.480 e. The van der Waals surface area contributed by atoms with E-state index >= 15 is 0 Å². The number of ketones is 3. The fourth-order valence-corrected chi connectivity index (χ4v) is 18.4. The quantitative estimate of drug-likeness (QED) is 0.0501. The van der Waals surface area contributed by atoms with Crippen LogP contribution in [-0.2, 0) is 112 Å². The third-order valence-electron chi connectivity index (χ3n) is 19.2. The predicted octanol–water partition coefficient (Wildman–Crippen LogP) is 9.66. The molecule has 1 fully saturated rings. The van der Waals surface area contributed by atoms with E-state index in [1.165, 1.54) is 26.0 Å². The van der Waals surface area contributed by atoms with E-state index in [0.29, 0.717) is 110 Å². The first-order valence-corrected chi connectivity index (χ1v) is 37.2. The topological polar surface area (TPSA) is 288 Å². The van der Waals surface area contributed by atoms with Crippen LogP contribution in [0.1, 0.15) is 180 Å². The van der Waals surface area contributed by atoms with Crippen LogP contribution in [0.5, 0.6) is 0 Å². The van der Waals surface area contributed by atoms with E-state index in [9.17, 15) is 64.2 Å². The average molecular weight is 1400 g/mol. The Hall–Kier alpha value is -7.39. The standard InChI is InChI=1S/C25H34N2O5S.C24H30N2O6S.C23H30N2O5S/c1-7-26(6)33(30,31)22-12-10-9-11-18(22)13-19-17(3)27(16-23(29)32-8-2)20-14-25(4,5)15-21(28)24(19)20;1-16-22(18-14-24(2,3)9-8-19(18)26(16)15-21(27)28)23(29)17-6-4-5-7-20(17)33(30,31)25-10-12-32-13-11-25;1-6-24(5)31(29,30)20-10-8-7-9-16(20)11-17-15(2)25(14-21(27)28)18-12-23(3,4)13-19(26)22(17)18/h9-12H,7-8,13-16H2,1-6H3;4-7H,8-15H2,1-3H3,(H,27,28);7-10H,6,11-14H2,1-5H3,(H,27,28). The van der Waals surface area contributed by atoms with Crippen molar-refractivity contribution in [3.8, 4) is 0 Å². The van der Waals surface area contributed by atoms with Crippen molar-refractivity contribution >= 4 is 65.3 Å². The Kier molecular flexibility index (Phi) is 23.0. The number of fused-ring (bicyclic) bond motifs is 3. The number of carboxylic acids is 2. The summed E-state index contributed by atoms with van der Waals surface area (Å²) in [4.78, 5) is 76.1. The normalized spacial score (nSPS) is 16.7. The molecule has 3 aromatic carbocycles. The van der Waals surface area contributed by atoms with Gasteiger partial charge in [-0.1, -0.05) is 104 Å². The van der Waals surface area contributed by atoms with Crippen LogP contribution in [0.15, 0.2) is 87.5 Å². The number of hydrogen-bond acceptors (Lipinski definition) is 14. The number of benzene rings is 3. The van der Waals surface area contributed by atoms with Crippen LogP contribution in [0.25, 0.3) is 0 Å². The van der Waals surface area contributed by atoms with Gasteiger partial charge in [0.2, 0.25) is 30.1 Å². The summed E-state index contributed by atoms with van der Waals surface area (Å²) in [6.45, 7) is 24.8. The zero-order chi connectivity index (χ0) is 71.7. The number of nitrogens with zero attached hydrogens (tertiary/aromatic N) is 6. The molecule has 3 aliphatic carbocycles. The summed E-state index contributed by atoms with van der Waals surface area (Å²) in [6, 6.07) is 20.0. The summed E-state index contributed by atoms with van der Waals surface area (Å²) in [7, 11) is -8.12. The van der Waals surface area contributed by atoms with Crippen molar-refractivity contribution in [2.24, 2.45) is 16.2 Å². The first kappa shape index (κ1) is 75.4. The molecule has 1 aliphatic heterocycles. The lowest BCUT2D eigenvalue weighted by Gasteiger charge is -2.31. The summed E-state index contributed by atoms with van der Waals surface area (Å²) in [5.41, 5.74) is 9.33. The minimum atomic E-state index is -3.88. The Labute approximate surface area is 571 Å². The molecular weight excluding hydrogens is 1300 g/mol. The van der Waals surface area contributed by atoms with Gasteiger partial charge in [-0.2, -0.15) is 4.31 Å². The molecule has 0 spiro atoms. The first-order chi connectivity index (χ1) is 45.3. The predicted molar refractivity (Wildman–Crippen MR) is 367 cm³/mol. The molecule has 0 atom stereocenters. The number of carbonyl (C=O) groups is 6. The van der Waals surface area contributed by atoms with Crippen molar-refractivity contribution < 1.29 is 73.7 Å². The van der Waals surface area contributed by atoms with E-state index < -0.39 is 42.0 Å². The smallest absolute Gasteiger partial charge is 0.325 e. The molecule has 10 rings (SSSR count). The number of morpholine rings is 1. The maximum Gasteiger partial charge on any atom is 0.325 e. The number of ether oxygens (including phenoxy) is 2. The molecule has 1 saturated heterocycles. The van der Waals surface area contributed by atoms with E-state index in [4.69, 9.17) is 9.47 Å². The van der Waals surface area contributed by atoms with Crippen molar-refractivity contribution in [1.82, 2.24) is 26.6 Å². The molecule has 4 heterocycles. The molecule has 6 aromatic rings. The summed E-state index contributed by atoms with van der Waals surface area (Å²) < 4.78 is 98.8. The minimum absolute atomic E-state index is 0.0143. The second-order valence-corrected chi connectivity index (χ2v) is 33.9. The Morgan fingerprint density at radius 2 is 0.979 bits per heavy atom. The van der Waals surface area contributed by atoms with Crippen molar-refractivity contribution in [3.63, 3.8) is 0 Å². The summed E-state index contributed by atoms with van der Waals surface area (Å²) >= 11 is 0. The Morgan fingerprint density at radius 3 is 1.42 bits per heavy atom. The van der Waals surface area contributed by atoms with Crippen LogP contribution in [0, 0.1) is 37.0 Å². The number of carbonyl (C=O) groups excluding carboxylic acids is 4.